The maximum Gasteiger partial charge on any atom is 0.456 e. The highest BCUT2D eigenvalue weighted by Crippen LogP contribution is 2.70. The number of allylic oxidation sites excluding steroid dienone is 4. The highest BCUT2D eigenvalue weighted by atomic mass is 19.4. The van der Waals surface area contributed by atoms with Gasteiger partial charge in [-0.25, -0.2) is 0 Å². The summed E-state index contributed by atoms with van der Waals surface area (Å²) in [5, 5.41) is 14.3. The number of halogens is 5. The number of nitrogens with zero attached hydrogens (tertiary/aromatic N) is 1. The van der Waals surface area contributed by atoms with Crippen LogP contribution in [0.1, 0.15) is 79.3 Å². The largest absolute Gasteiger partial charge is 0.456 e. The Hall–Kier alpha value is -3.40. The second-order valence-corrected chi connectivity index (χ2v) is 13.0. The van der Waals surface area contributed by atoms with Gasteiger partial charge in [0.05, 0.1) is 0 Å². The second kappa shape index (κ2) is 10.9. The summed E-state index contributed by atoms with van der Waals surface area (Å²) in [5.41, 5.74) is -0.0174. The number of nitrogens with one attached hydrogen (secondary N) is 1. The lowest BCUT2D eigenvalue weighted by Crippen LogP contribution is -2.65. The first-order valence-corrected chi connectivity index (χ1v) is 15.2. The topological polar surface area (TPSA) is 79.3 Å². The number of pyridine rings is 1. The van der Waals surface area contributed by atoms with Gasteiger partial charge in [0.2, 0.25) is 0 Å². The van der Waals surface area contributed by atoms with Crippen LogP contribution in [-0.4, -0.2) is 46.0 Å². The number of hydrogen-bond acceptors (Lipinski definition) is 4. The predicted molar refractivity (Wildman–Crippen MR) is 153 cm³/mol. The van der Waals surface area contributed by atoms with Crippen LogP contribution in [0.4, 0.5) is 22.0 Å². The monoisotopic (exact) mass is 614 g/mol. The molecule has 2 saturated carbocycles. The zero-order chi connectivity index (χ0) is 31.5. The van der Waals surface area contributed by atoms with E-state index in [1.807, 2.05) is 12.1 Å². The van der Waals surface area contributed by atoms with Crippen LogP contribution in [-0.2, 0) is 11.2 Å². The van der Waals surface area contributed by atoms with Crippen LogP contribution in [0.5, 0.6) is 0 Å². The Morgan fingerprint density at radius 1 is 1.07 bits per heavy atom. The zero-order valence-corrected chi connectivity index (χ0v) is 24.4. The third-order valence-corrected chi connectivity index (χ3v) is 10.8. The van der Waals surface area contributed by atoms with E-state index in [-0.39, 0.29) is 30.4 Å². The van der Waals surface area contributed by atoms with E-state index in [0.717, 1.165) is 22.3 Å². The van der Waals surface area contributed by atoms with Crippen LogP contribution in [0.3, 0.4) is 0 Å². The molecule has 1 amide bonds. The van der Waals surface area contributed by atoms with Gasteiger partial charge in [-0.05, 0) is 103 Å². The molecule has 6 rings (SSSR count). The molecular weight excluding hydrogens is 579 g/mol. The van der Waals surface area contributed by atoms with Crippen LogP contribution >= 0.6 is 0 Å². The maximum atomic E-state index is 15.2. The van der Waals surface area contributed by atoms with Crippen LogP contribution in [0.2, 0.25) is 0 Å². The molecule has 4 aliphatic rings. The summed E-state index contributed by atoms with van der Waals surface area (Å²) in [5.74, 6) is -6.97. The van der Waals surface area contributed by atoms with Crippen molar-refractivity contribution in [3.8, 4) is 0 Å². The van der Waals surface area contributed by atoms with Gasteiger partial charge in [0, 0.05) is 42.3 Å². The third kappa shape index (κ3) is 4.80. The van der Waals surface area contributed by atoms with Crippen LogP contribution in [0.15, 0.2) is 71.6 Å². The summed E-state index contributed by atoms with van der Waals surface area (Å²) < 4.78 is 71.7. The van der Waals surface area contributed by atoms with E-state index in [0.29, 0.717) is 49.8 Å². The lowest BCUT2D eigenvalue weighted by Gasteiger charge is -2.56. The molecule has 1 aromatic heterocycles. The van der Waals surface area contributed by atoms with Crippen molar-refractivity contribution in [2.45, 2.75) is 81.9 Å². The van der Waals surface area contributed by atoms with E-state index in [9.17, 15) is 27.9 Å². The fourth-order valence-corrected chi connectivity index (χ4v) is 8.55. The summed E-state index contributed by atoms with van der Waals surface area (Å²) >= 11 is 0. The van der Waals surface area contributed by atoms with Gasteiger partial charge >= 0.3 is 12.1 Å². The van der Waals surface area contributed by atoms with Crippen molar-refractivity contribution >= 4 is 11.7 Å². The Morgan fingerprint density at radius 3 is 2.50 bits per heavy atom. The van der Waals surface area contributed by atoms with Gasteiger partial charge < -0.3 is 10.4 Å². The molecule has 234 valence electrons. The van der Waals surface area contributed by atoms with Crippen LogP contribution in [0.25, 0.3) is 0 Å². The lowest BCUT2D eigenvalue weighted by molar-refractivity contribution is -0.362. The molecule has 2 unspecified atom stereocenters. The SMILES string of the molecule is CC12C[C@H](c3ccc(C(=O)NCCc4cccnc4)cc3)C3=C4CCC(=O)C=C4CC[C@H]3C1CC[C@@]2(O)C(F)(F)C(F)(F)F. The van der Waals surface area contributed by atoms with Crippen LogP contribution in [0, 0.1) is 17.3 Å². The summed E-state index contributed by atoms with van der Waals surface area (Å²) in [6, 6.07) is 10.5. The minimum Gasteiger partial charge on any atom is -0.383 e. The van der Waals surface area contributed by atoms with E-state index in [1.54, 1.807) is 42.7 Å². The second-order valence-electron chi connectivity index (χ2n) is 13.0. The summed E-state index contributed by atoms with van der Waals surface area (Å²) in [4.78, 5) is 29.2. The molecule has 2 fully saturated rings. The van der Waals surface area contributed by atoms with Crippen molar-refractivity contribution in [1.29, 1.82) is 0 Å². The number of alkyl halides is 5. The van der Waals surface area contributed by atoms with Gasteiger partial charge in [-0.15, -0.1) is 0 Å². The highest BCUT2D eigenvalue weighted by molar-refractivity contribution is 5.94. The highest BCUT2D eigenvalue weighted by Gasteiger charge is 2.79. The molecule has 0 saturated heterocycles. The number of carbonyl (C=O) groups excluding carboxylic acids is 2. The first kappa shape index (κ1) is 30.6. The molecule has 2 aromatic rings. The Kier molecular flexibility index (Phi) is 7.58. The molecule has 1 heterocycles. The molecule has 0 radical (unpaired) electrons. The molecule has 0 bridgehead atoms. The van der Waals surface area contributed by atoms with Crippen molar-refractivity contribution in [2.24, 2.45) is 17.3 Å². The van der Waals surface area contributed by atoms with Gasteiger partial charge in [0.15, 0.2) is 5.78 Å². The number of aromatic nitrogens is 1. The van der Waals surface area contributed by atoms with Crippen molar-refractivity contribution < 1.29 is 36.6 Å². The number of hydrogen-bond donors (Lipinski definition) is 2. The van der Waals surface area contributed by atoms with Crippen molar-refractivity contribution in [1.82, 2.24) is 10.3 Å². The number of rotatable bonds is 6. The first-order valence-electron chi connectivity index (χ1n) is 15.2. The molecular formula is C34H35F5N2O3. The molecule has 0 aliphatic heterocycles. The first-order chi connectivity index (χ1) is 20.8. The predicted octanol–water partition coefficient (Wildman–Crippen LogP) is 6.88. The summed E-state index contributed by atoms with van der Waals surface area (Å²) in [7, 11) is 0. The molecule has 0 spiro atoms. The van der Waals surface area contributed by atoms with Crippen LogP contribution < -0.4 is 5.32 Å². The average molecular weight is 615 g/mol. The number of ketones is 1. The number of benzene rings is 1. The molecule has 1 aromatic carbocycles. The molecule has 5 atom stereocenters. The average Bonchev–Trinajstić information content (AvgIpc) is 3.27. The van der Waals surface area contributed by atoms with Gasteiger partial charge in [-0.2, -0.15) is 22.0 Å². The number of aliphatic hydroxyl groups is 1. The summed E-state index contributed by atoms with van der Waals surface area (Å²) in [6.07, 6.45) is 0.922. The quantitative estimate of drug-likeness (QED) is 0.348. The number of fused-ring (bicyclic) bond motifs is 4. The van der Waals surface area contributed by atoms with E-state index in [2.05, 4.69) is 10.3 Å². The third-order valence-electron chi connectivity index (χ3n) is 10.8. The van der Waals surface area contributed by atoms with Crippen molar-refractivity contribution in [2.75, 3.05) is 6.54 Å². The maximum absolute atomic E-state index is 15.2. The van der Waals surface area contributed by atoms with E-state index < -0.39 is 41.4 Å². The summed E-state index contributed by atoms with van der Waals surface area (Å²) in [6.45, 7) is 1.80. The zero-order valence-electron chi connectivity index (χ0n) is 24.4. The standard InChI is InChI=1S/C34H35F5N2O3/c1-31-18-27(21-4-6-22(7-5-21)30(43)41-16-13-20-3-2-15-40-19-20)29-25-11-9-24(42)17-23(25)8-10-26(29)28(31)12-14-32(31,44)33(35,36)34(37,38)39/h2-7,15,17,19,26-28,44H,8-14,16,18H2,1H3,(H,41,43)/t26-,27+,28?,31?,32-/m0/s1. The molecule has 2 N–H and O–H groups in total. The number of amides is 1. The van der Waals surface area contributed by atoms with Crippen molar-refractivity contribution in [3.63, 3.8) is 0 Å². The Balaban J connectivity index is 1.34. The van der Waals surface area contributed by atoms with E-state index in [1.165, 1.54) is 6.92 Å². The fourth-order valence-electron chi connectivity index (χ4n) is 8.55. The lowest BCUT2D eigenvalue weighted by atomic mass is 9.50. The van der Waals surface area contributed by atoms with Gasteiger partial charge in [-0.3, -0.25) is 14.6 Å². The normalized spacial score (nSPS) is 30.3. The Labute approximate surface area is 252 Å². The smallest absolute Gasteiger partial charge is 0.383 e. The molecule has 10 heteroatoms. The van der Waals surface area contributed by atoms with Crippen molar-refractivity contribution in [3.05, 3.63) is 88.3 Å². The van der Waals surface area contributed by atoms with E-state index >= 15 is 8.78 Å². The molecule has 5 nitrogen and oxygen atoms in total. The van der Waals surface area contributed by atoms with Gasteiger partial charge in [0.25, 0.3) is 5.91 Å². The number of carbonyl (C=O) groups is 2. The minimum absolute atomic E-state index is 0.0268. The fraction of sp³-hybridized carbons (Fsp3) is 0.500. The van der Waals surface area contributed by atoms with Gasteiger partial charge in [0.1, 0.15) is 5.60 Å². The molecule has 44 heavy (non-hydrogen) atoms. The van der Waals surface area contributed by atoms with E-state index in [4.69, 9.17) is 0 Å². The van der Waals surface area contributed by atoms with Gasteiger partial charge in [-0.1, -0.05) is 30.7 Å². The Morgan fingerprint density at radius 2 is 1.82 bits per heavy atom. The Bertz CT molecular complexity index is 1520. The minimum atomic E-state index is -5.90. The molecule has 4 aliphatic carbocycles.